The second-order valence-electron chi connectivity index (χ2n) is 5.55. The lowest BCUT2D eigenvalue weighted by Gasteiger charge is -2.22. The Morgan fingerprint density at radius 3 is 2.62 bits per heavy atom. The molecule has 1 heterocycles. The molecular weight excluding hydrogens is 328 g/mol. The molecule has 0 saturated carbocycles. The second kappa shape index (κ2) is 5.83. The van der Waals surface area contributed by atoms with Crippen molar-refractivity contribution in [3.05, 3.63) is 77.4 Å². The van der Waals surface area contributed by atoms with Crippen LogP contribution in [0.5, 0.6) is 11.5 Å². The molecule has 4 rings (SSSR count). The highest BCUT2D eigenvalue weighted by Crippen LogP contribution is 2.49. The number of hydrogen-bond donors (Lipinski definition) is 1. The minimum Gasteiger partial charge on any atom is -0.455 e. The monoisotopic (exact) mass is 341 g/mol. The molecule has 0 unspecified atom stereocenters. The van der Waals surface area contributed by atoms with Crippen LogP contribution >= 0.6 is 11.8 Å². The minimum atomic E-state index is -0.848. The number of hydrogen-bond acceptors (Lipinski definition) is 3. The van der Waals surface area contributed by atoms with E-state index in [0.717, 1.165) is 27.2 Å². The van der Waals surface area contributed by atoms with Crippen LogP contribution in [0.25, 0.3) is 0 Å². The number of nitrogens with two attached hydrogens (primary N) is 1. The molecule has 0 spiro atoms. The van der Waals surface area contributed by atoms with Gasteiger partial charge in [-0.2, -0.15) is 0 Å². The van der Waals surface area contributed by atoms with Crippen molar-refractivity contribution in [2.45, 2.75) is 16.2 Å². The molecule has 0 fully saturated rings. The molecule has 5 heteroatoms. The van der Waals surface area contributed by atoms with Crippen molar-refractivity contribution in [3.8, 4) is 11.5 Å². The Labute approximate surface area is 142 Å². The van der Waals surface area contributed by atoms with Gasteiger partial charge in [0.25, 0.3) is 0 Å². The lowest BCUT2D eigenvalue weighted by Crippen LogP contribution is -2.03. The molecule has 2 N–H and O–H groups in total. The van der Waals surface area contributed by atoms with E-state index < -0.39 is 11.6 Å². The molecule has 0 amide bonds. The second-order valence-corrected chi connectivity index (χ2v) is 6.60. The summed E-state index contributed by atoms with van der Waals surface area (Å²) < 4.78 is 33.4. The number of ether oxygens (including phenoxy) is 1. The third kappa shape index (κ3) is 2.61. The summed E-state index contributed by atoms with van der Waals surface area (Å²) in [6.07, 6.45) is 0.246. The number of benzene rings is 3. The van der Waals surface area contributed by atoms with Crippen LogP contribution in [-0.2, 0) is 6.42 Å². The number of anilines is 1. The number of rotatable bonds is 2. The van der Waals surface area contributed by atoms with Gasteiger partial charge in [0.15, 0.2) is 11.6 Å². The molecule has 0 radical (unpaired) electrons. The summed E-state index contributed by atoms with van der Waals surface area (Å²) in [7, 11) is 0. The Kier molecular flexibility index (Phi) is 3.65. The quantitative estimate of drug-likeness (QED) is 0.496. The topological polar surface area (TPSA) is 35.2 Å². The van der Waals surface area contributed by atoms with Crippen molar-refractivity contribution in [1.82, 2.24) is 0 Å². The summed E-state index contributed by atoms with van der Waals surface area (Å²) in [6, 6.07) is 15.4. The lowest BCUT2D eigenvalue weighted by molar-refractivity contribution is 0.453. The van der Waals surface area contributed by atoms with E-state index in [-0.39, 0.29) is 6.42 Å². The Morgan fingerprint density at radius 2 is 1.75 bits per heavy atom. The predicted octanol–water partition coefficient (Wildman–Crippen LogP) is 5.39. The Morgan fingerprint density at radius 1 is 0.917 bits per heavy atom. The fourth-order valence-electron chi connectivity index (χ4n) is 2.74. The molecule has 3 aromatic carbocycles. The maximum Gasteiger partial charge on any atom is 0.162 e. The molecule has 1 aliphatic heterocycles. The Hall–Kier alpha value is -2.53. The Bertz CT molecular complexity index is 943. The van der Waals surface area contributed by atoms with Crippen LogP contribution in [0.15, 0.2) is 64.4 Å². The first kappa shape index (κ1) is 15.0. The van der Waals surface area contributed by atoms with Crippen LogP contribution in [0.3, 0.4) is 0 Å². The molecule has 0 saturated heterocycles. The average molecular weight is 341 g/mol. The molecule has 0 bridgehead atoms. The summed E-state index contributed by atoms with van der Waals surface area (Å²) >= 11 is 1.55. The normalized spacial score (nSPS) is 12.2. The van der Waals surface area contributed by atoms with E-state index in [1.54, 1.807) is 30.0 Å². The number of halogens is 2. The van der Waals surface area contributed by atoms with E-state index in [2.05, 4.69) is 0 Å². The van der Waals surface area contributed by atoms with Gasteiger partial charge in [-0.15, -0.1) is 0 Å². The van der Waals surface area contributed by atoms with Gasteiger partial charge in [-0.1, -0.05) is 36.0 Å². The molecule has 2 nitrogen and oxygen atoms in total. The van der Waals surface area contributed by atoms with Gasteiger partial charge in [-0.05, 0) is 35.4 Å². The molecule has 0 aliphatic carbocycles. The highest BCUT2D eigenvalue weighted by atomic mass is 32.2. The van der Waals surface area contributed by atoms with Crippen LogP contribution in [0, 0.1) is 11.6 Å². The van der Waals surface area contributed by atoms with E-state index in [1.165, 1.54) is 6.07 Å². The molecule has 24 heavy (non-hydrogen) atoms. The summed E-state index contributed by atoms with van der Waals surface area (Å²) in [5.74, 6) is -0.260. The van der Waals surface area contributed by atoms with Crippen LogP contribution < -0.4 is 10.5 Å². The predicted molar refractivity (Wildman–Crippen MR) is 90.7 cm³/mol. The van der Waals surface area contributed by atoms with Crippen molar-refractivity contribution >= 4 is 17.4 Å². The van der Waals surface area contributed by atoms with Crippen molar-refractivity contribution in [2.75, 3.05) is 5.73 Å². The average Bonchev–Trinajstić information content (AvgIpc) is 2.57. The van der Waals surface area contributed by atoms with Gasteiger partial charge < -0.3 is 10.5 Å². The number of fused-ring (bicyclic) bond motifs is 2. The minimum absolute atomic E-state index is 0.246. The lowest BCUT2D eigenvalue weighted by atomic mass is 10.0. The standard InChI is InChI=1S/C19H13F2NOS/c20-14-5-3-4-11(18(14)21)8-12-9-13(22)10-16-19(12)24-17-7-2-1-6-15(17)23-16/h1-7,9-10H,8,22H2. The number of para-hydroxylation sites is 1. The molecule has 120 valence electrons. The van der Waals surface area contributed by atoms with E-state index in [4.69, 9.17) is 10.5 Å². The third-order valence-corrected chi connectivity index (χ3v) is 5.07. The summed E-state index contributed by atoms with van der Waals surface area (Å²) in [4.78, 5) is 1.86. The zero-order valence-electron chi connectivity index (χ0n) is 12.6. The van der Waals surface area contributed by atoms with Gasteiger partial charge in [0.1, 0.15) is 11.5 Å². The molecule has 0 atom stereocenters. The van der Waals surface area contributed by atoms with Crippen LogP contribution in [0.4, 0.5) is 14.5 Å². The molecule has 1 aliphatic rings. The first-order valence-electron chi connectivity index (χ1n) is 7.42. The summed E-state index contributed by atoms with van der Waals surface area (Å²) in [5, 5.41) is 0. The fourth-order valence-corrected chi connectivity index (χ4v) is 3.78. The maximum atomic E-state index is 14.0. The Balaban J connectivity index is 1.78. The summed E-state index contributed by atoms with van der Waals surface area (Å²) in [5.41, 5.74) is 7.60. The van der Waals surface area contributed by atoms with Crippen molar-refractivity contribution in [2.24, 2.45) is 0 Å². The first-order valence-corrected chi connectivity index (χ1v) is 8.23. The van der Waals surface area contributed by atoms with Gasteiger partial charge in [0.2, 0.25) is 0 Å². The van der Waals surface area contributed by atoms with Gasteiger partial charge in [-0.3, -0.25) is 0 Å². The molecule has 0 aromatic heterocycles. The third-order valence-electron chi connectivity index (χ3n) is 3.85. The zero-order chi connectivity index (χ0) is 16.7. The van der Waals surface area contributed by atoms with Crippen LogP contribution in [0.2, 0.25) is 0 Å². The first-order chi connectivity index (χ1) is 11.6. The van der Waals surface area contributed by atoms with E-state index in [9.17, 15) is 8.78 Å². The van der Waals surface area contributed by atoms with Gasteiger partial charge in [0.05, 0.1) is 9.79 Å². The SMILES string of the molecule is Nc1cc(Cc2cccc(F)c2F)c2c(c1)Oc1ccccc1S2. The van der Waals surface area contributed by atoms with E-state index >= 15 is 0 Å². The van der Waals surface area contributed by atoms with E-state index in [0.29, 0.717) is 17.0 Å². The number of nitrogen functional groups attached to an aromatic ring is 1. The molecular formula is C19H13F2NOS. The highest BCUT2D eigenvalue weighted by molar-refractivity contribution is 7.99. The maximum absolute atomic E-state index is 14.0. The highest BCUT2D eigenvalue weighted by Gasteiger charge is 2.22. The largest absolute Gasteiger partial charge is 0.455 e. The molecule has 3 aromatic rings. The van der Waals surface area contributed by atoms with Crippen molar-refractivity contribution in [1.29, 1.82) is 0 Å². The zero-order valence-corrected chi connectivity index (χ0v) is 13.4. The smallest absolute Gasteiger partial charge is 0.162 e. The van der Waals surface area contributed by atoms with Crippen molar-refractivity contribution in [3.63, 3.8) is 0 Å². The van der Waals surface area contributed by atoms with Crippen LogP contribution in [-0.4, -0.2) is 0 Å². The van der Waals surface area contributed by atoms with Gasteiger partial charge in [0, 0.05) is 18.2 Å². The van der Waals surface area contributed by atoms with E-state index in [1.807, 2.05) is 24.3 Å². The fraction of sp³-hybridized carbons (Fsp3) is 0.0526. The summed E-state index contributed by atoms with van der Waals surface area (Å²) in [6.45, 7) is 0. The van der Waals surface area contributed by atoms with Gasteiger partial charge >= 0.3 is 0 Å². The van der Waals surface area contributed by atoms with Crippen molar-refractivity contribution < 1.29 is 13.5 Å². The van der Waals surface area contributed by atoms with Crippen LogP contribution in [0.1, 0.15) is 11.1 Å². The van der Waals surface area contributed by atoms with Gasteiger partial charge in [-0.25, -0.2) is 8.78 Å².